The summed E-state index contributed by atoms with van der Waals surface area (Å²) in [5.41, 5.74) is 0. The largest absolute Gasteiger partial charge is 0.348 e. The first-order valence-electron chi connectivity index (χ1n) is 8.79. The van der Waals surface area contributed by atoms with Gasteiger partial charge in [-0.3, -0.25) is 17.5 Å². The van der Waals surface area contributed by atoms with E-state index in [-0.39, 0.29) is 26.4 Å². The van der Waals surface area contributed by atoms with Crippen molar-refractivity contribution in [2.75, 3.05) is 37.9 Å². The number of rotatable bonds is 10. The molecule has 2 aliphatic heterocycles. The SMILES string of the molecule is CCOP(=O)(OC1COS(=O)(=O)C1)C(C)(C)P(=O)(OCC)OC1COS(=O)(=O)C1. The van der Waals surface area contributed by atoms with Gasteiger partial charge in [0, 0.05) is 0 Å². The molecule has 4 unspecified atom stereocenters. The maximum Gasteiger partial charge on any atom is 0.348 e. The van der Waals surface area contributed by atoms with Gasteiger partial charge in [-0.1, -0.05) is 0 Å². The van der Waals surface area contributed by atoms with Crippen molar-refractivity contribution in [2.24, 2.45) is 0 Å². The van der Waals surface area contributed by atoms with Crippen LogP contribution in [-0.2, 0) is 55.8 Å². The standard InChI is InChI=1S/C13H26O12P2S2/c1-5-20-26(14,24-11-7-22-28(16,17)9-11)13(3,4)27(15,21-6-2)25-12-8-23-29(18,19)10-12/h11-12H,5-10H2,1-4H3. The summed E-state index contributed by atoms with van der Waals surface area (Å²) in [4.78, 5) is -1.90. The van der Waals surface area contributed by atoms with E-state index in [0.717, 1.165) is 0 Å². The Morgan fingerprint density at radius 1 is 0.828 bits per heavy atom. The summed E-state index contributed by atoms with van der Waals surface area (Å²) in [5, 5.41) is 0. The van der Waals surface area contributed by atoms with E-state index in [9.17, 15) is 26.0 Å². The Balaban J connectivity index is 2.34. The van der Waals surface area contributed by atoms with Crippen molar-refractivity contribution in [2.45, 2.75) is 44.8 Å². The van der Waals surface area contributed by atoms with Gasteiger partial charge in [-0.15, -0.1) is 0 Å². The first-order chi connectivity index (χ1) is 13.2. The van der Waals surface area contributed by atoms with Crippen LogP contribution in [0.1, 0.15) is 27.7 Å². The third-order valence-corrected chi connectivity index (χ3v) is 13.2. The van der Waals surface area contributed by atoms with E-state index in [1.807, 2.05) is 0 Å². The topological polar surface area (TPSA) is 158 Å². The lowest BCUT2D eigenvalue weighted by molar-refractivity contribution is 0.115. The molecule has 2 aliphatic rings. The lowest BCUT2D eigenvalue weighted by Crippen LogP contribution is -2.32. The molecule has 12 nitrogen and oxygen atoms in total. The van der Waals surface area contributed by atoms with Crippen molar-refractivity contribution in [3.8, 4) is 0 Å². The maximum atomic E-state index is 13.6. The molecule has 2 rings (SSSR count). The van der Waals surface area contributed by atoms with E-state index in [1.165, 1.54) is 27.7 Å². The van der Waals surface area contributed by atoms with Crippen LogP contribution in [0.3, 0.4) is 0 Å². The molecule has 172 valence electrons. The van der Waals surface area contributed by atoms with E-state index in [2.05, 4.69) is 8.37 Å². The highest BCUT2D eigenvalue weighted by Gasteiger charge is 2.61. The summed E-state index contributed by atoms with van der Waals surface area (Å²) in [6.07, 6.45) is -2.22. The van der Waals surface area contributed by atoms with Crippen LogP contribution in [0.2, 0.25) is 0 Å². The van der Waals surface area contributed by atoms with Gasteiger partial charge in [0.2, 0.25) is 0 Å². The van der Waals surface area contributed by atoms with Crippen LogP contribution in [0.4, 0.5) is 0 Å². The van der Waals surface area contributed by atoms with E-state index < -0.39 is 64.0 Å². The quantitative estimate of drug-likeness (QED) is 0.316. The van der Waals surface area contributed by atoms with Crippen LogP contribution >= 0.6 is 15.2 Å². The minimum Gasteiger partial charge on any atom is -0.308 e. The molecule has 0 saturated carbocycles. The van der Waals surface area contributed by atoms with Crippen LogP contribution < -0.4 is 0 Å². The van der Waals surface area contributed by atoms with Gasteiger partial charge in [-0.2, -0.15) is 16.8 Å². The normalized spacial score (nSPS) is 30.6. The zero-order chi connectivity index (χ0) is 22.1. The molecule has 2 fully saturated rings. The summed E-state index contributed by atoms with van der Waals surface area (Å²) in [7, 11) is -16.3. The molecule has 0 aliphatic carbocycles. The van der Waals surface area contributed by atoms with Crippen LogP contribution in [0.25, 0.3) is 0 Å². The fourth-order valence-corrected chi connectivity index (χ4v) is 9.83. The highest BCUT2D eigenvalue weighted by atomic mass is 32.2. The molecule has 16 heteroatoms. The van der Waals surface area contributed by atoms with Crippen molar-refractivity contribution < 1.29 is 52.4 Å². The summed E-state index contributed by atoms with van der Waals surface area (Å²) in [5.74, 6) is -1.09. The van der Waals surface area contributed by atoms with E-state index in [4.69, 9.17) is 18.1 Å². The minimum atomic E-state index is -4.32. The molecule has 29 heavy (non-hydrogen) atoms. The van der Waals surface area contributed by atoms with Crippen LogP contribution in [0, 0.1) is 0 Å². The molecular formula is C13H26O12P2S2. The minimum absolute atomic E-state index is 0.103. The fraction of sp³-hybridized carbons (Fsp3) is 1.00. The van der Waals surface area contributed by atoms with Gasteiger partial charge in [-0.25, -0.2) is 0 Å². The second-order valence-corrected chi connectivity index (χ2v) is 15.7. The van der Waals surface area contributed by atoms with Crippen molar-refractivity contribution in [1.82, 2.24) is 0 Å². The zero-order valence-electron chi connectivity index (χ0n) is 16.5. The van der Waals surface area contributed by atoms with Gasteiger partial charge in [0.05, 0.1) is 26.4 Å². The molecule has 0 radical (unpaired) electrons. The predicted molar refractivity (Wildman–Crippen MR) is 102 cm³/mol. The van der Waals surface area contributed by atoms with E-state index >= 15 is 0 Å². The van der Waals surface area contributed by atoms with Gasteiger partial charge in [0.1, 0.15) is 23.7 Å². The Kier molecular flexibility index (Phi) is 7.82. The van der Waals surface area contributed by atoms with Crippen LogP contribution in [0.15, 0.2) is 0 Å². The summed E-state index contributed by atoms with van der Waals surface area (Å²) >= 11 is 0. The molecule has 0 amide bonds. The molecule has 0 aromatic heterocycles. The zero-order valence-corrected chi connectivity index (χ0v) is 19.9. The Bertz CT molecular complexity index is 825. The Hall–Kier alpha value is 0.120. The monoisotopic (exact) mass is 500 g/mol. The maximum absolute atomic E-state index is 13.6. The lowest BCUT2D eigenvalue weighted by Gasteiger charge is -2.38. The van der Waals surface area contributed by atoms with E-state index in [1.54, 1.807) is 0 Å². The molecule has 2 saturated heterocycles. The first kappa shape index (κ1) is 25.4. The van der Waals surface area contributed by atoms with Crippen molar-refractivity contribution in [1.29, 1.82) is 0 Å². The molecule has 0 spiro atoms. The molecule has 0 aromatic rings. The van der Waals surface area contributed by atoms with Gasteiger partial charge in [0.15, 0.2) is 4.90 Å². The van der Waals surface area contributed by atoms with Crippen LogP contribution in [-0.4, -0.2) is 71.9 Å². The van der Waals surface area contributed by atoms with Gasteiger partial charge < -0.3 is 18.1 Å². The highest BCUT2D eigenvalue weighted by molar-refractivity contribution is 7.87. The summed E-state index contributed by atoms with van der Waals surface area (Å²) in [6.45, 7) is 4.65. The van der Waals surface area contributed by atoms with Gasteiger partial charge in [-0.05, 0) is 27.7 Å². The predicted octanol–water partition coefficient (Wildman–Crippen LogP) is 1.67. The molecule has 2 heterocycles. The molecular weight excluding hydrogens is 474 g/mol. The Morgan fingerprint density at radius 2 is 1.17 bits per heavy atom. The molecule has 4 atom stereocenters. The number of hydrogen-bond acceptors (Lipinski definition) is 12. The average Bonchev–Trinajstić information content (AvgIpc) is 3.08. The summed E-state index contributed by atoms with van der Waals surface area (Å²) < 4.78 is 104. The van der Waals surface area contributed by atoms with Crippen molar-refractivity contribution in [3.63, 3.8) is 0 Å². The summed E-state index contributed by atoms with van der Waals surface area (Å²) in [6, 6.07) is 0. The lowest BCUT2D eigenvalue weighted by atomic mass is 10.5. The van der Waals surface area contributed by atoms with Gasteiger partial charge >= 0.3 is 15.2 Å². The number of hydrogen-bond donors (Lipinski definition) is 0. The van der Waals surface area contributed by atoms with Gasteiger partial charge in [0.25, 0.3) is 20.2 Å². The first-order valence-corrected chi connectivity index (χ1v) is 15.0. The highest BCUT2D eigenvalue weighted by Crippen LogP contribution is 2.78. The average molecular weight is 500 g/mol. The third-order valence-electron chi connectivity index (χ3n) is 4.16. The Morgan fingerprint density at radius 3 is 1.41 bits per heavy atom. The second-order valence-electron chi connectivity index (χ2n) is 6.80. The Labute approximate surface area is 170 Å². The molecule has 0 bridgehead atoms. The van der Waals surface area contributed by atoms with Crippen molar-refractivity contribution >= 4 is 35.4 Å². The fourth-order valence-electron chi connectivity index (χ4n) is 2.65. The van der Waals surface area contributed by atoms with Crippen LogP contribution in [0.5, 0.6) is 0 Å². The van der Waals surface area contributed by atoms with E-state index in [0.29, 0.717) is 0 Å². The third kappa shape index (κ3) is 5.68. The molecule has 0 N–H and O–H groups in total. The smallest absolute Gasteiger partial charge is 0.308 e. The van der Waals surface area contributed by atoms with Crippen molar-refractivity contribution in [3.05, 3.63) is 0 Å². The second kappa shape index (κ2) is 8.93. The molecule has 0 aromatic carbocycles.